The number of benzene rings is 1. The maximum absolute atomic E-state index is 13.3. The molecule has 1 atom stereocenters. The Morgan fingerprint density at radius 1 is 1.28 bits per heavy atom. The van der Waals surface area contributed by atoms with Gasteiger partial charge in [0.05, 0.1) is 25.4 Å². The minimum absolute atomic E-state index is 0.158. The molecule has 0 radical (unpaired) electrons. The Balaban J connectivity index is 1.45. The number of likely N-dealkylation sites (tertiary alicyclic amines) is 1. The van der Waals surface area contributed by atoms with E-state index in [0.717, 1.165) is 18.6 Å². The number of carbonyl (C=O) groups is 1. The van der Waals surface area contributed by atoms with E-state index in [4.69, 9.17) is 4.74 Å². The number of aliphatic hydroxyl groups is 1. The molecule has 2 aromatic rings. The number of carbonyl (C=O) groups excluding carboxylic acids is 1. The Morgan fingerprint density at radius 2 is 2.08 bits per heavy atom. The number of hydrogen-bond donors (Lipinski definition) is 2. The first kappa shape index (κ1) is 16.5. The summed E-state index contributed by atoms with van der Waals surface area (Å²) in [7, 11) is 0. The number of ether oxygens (including phenoxy) is 1. The van der Waals surface area contributed by atoms with Crippen molar-refractivity contribution in [1.29, 1.82) is 0 Å². The van der Waals surface area contributed by atoms with Crippen LogP contribution in [0.25, 0.3) is 10.9 Å². The van der Waals surface area contributed by atoms with Crippen molar-refractivity contribution in [2.24, 2.45) is 0 Å². The van der Waals surface area contributed by atoms with Crippen molar-refractivity contribution in [3.63, 3.8) is 0 Å². The van der Waals surface area contributed by atoms with Crippen LogP contribution in [0.15, 0.2) is 24.3 Å². The van der Waals surface area contributed by atoms with E-state index >= 15 is 0 Å². The quantitative estimate of drug-likeness (QED) is 0.876. The van der Waals surface area contributed by atoms with Crippen molar-refractivity contribution < 1.29 is 19.0 Å². The summed E-state index contributed by atoms with van der Waals surface area (Å²) in [6.07, 6.45) is 0.560. The molecular formula is C18H22FN3O3. The zero-order chi connectivity index (χ0) is 17.4. The van der Waals surface area contributed by atoms with Crippen LogP contribution in [-0.4, -0.2) is 77.3 Å². The van der Waals surface area contributed by atoms with Gasteiger partial charge < -0.3 is 19.7 Å². The van der Waals surface area contributed by atoms with E-state index in [-0.39, 0.29) is 11.7 Å². The van der Waals surface area contributed by atoms with Gasteiger partial charge in [0.25, 0.3) is 5.91 Å². The van der Waals surface area contributed by atoms with Crippen molar-refractivity contribution in [2.75, 3.05) is 45.9 Å². The van der Waals surface area contributed by atoms with Gasteiger partial charge in [-0.1, -0.05) is 0 Å². The van der Waals surface area contributed by atoms with E-state index in [1.807, 2.05) is 0 Å². The zero-order valence-electron chi connectivity index (χ0n) is 14.0. The fourth-order valence-corrected chi connectivity index (χ4v) is 3.72. The van der Waals surface area contributed by atoms with Crippen LogP contribution in [0, 0.1) is 5.82 Å². The lowest BCUT2D eigenvalue weighted by Crippen LogP contribution is -2.49. The van der Waals surface area contributed by atoms with Crippen LogP contribution in [-0.2, 0) is 4.74 Å². The van der Waals surface area contributed by atoms with Crippen LogP contribution >= 0.6 is 0 Å². The largest absolute Gasteiger partial charge is 0.387 e. The van der Waals surface area contributed by atoms with Gasteiger partial charge in [-0.2, -0.15) is 0 Å². The third kappa shape index (κ3) is 3.40. The Morgan fingerprint density at radius 3 is 2.88 bits per heavy atom. The molecule has 134 valence electrons. The number of morpholine rings is 1. The summed E-state index contributed by atoms with van der Waals surface area (Å²) >= 11 is 0. The highest BCUT2D eigenvalue weighted by atomic mass is 19.1. The van der Waals surface area contributed by atoms with Gasteiger partial charge >= 0.3 is 0 Å². The van der Waals surface area contributed by atoms with E-state index in [2.05, 4.69) is 9.88 Å². The lowest BCUT2D eigenvalue weighted by Gasteiger charge is -2.33. The highest BCUT2D eigenvalue weighted by Crippen LogP contribution is 2.25. The molecule has 1 amide bonds. The Hall–Kier alpha value is -1.96. The molecule has 0 saturated carbocycles. The van der Waals surface area contributed by atoms with E-state index in [1.54, 1.807) is 17.0 Å². The predicted octanol–water partition coefficient (Wildman–Crippen LogP) is 1.22. The number of nitrogens with one attached hydrogen (secondary N) is 1. The minimum Gasteiger partial charge on any atom is -0.387 e. The lowest BCUT2D eigenvalue weighted by atomic mass is 10.0. The van der Waals surface area contributed by atoms with Crippen molar-refractivity contribution in [1.82, 2.24) is 14.8 Å². The average Bonchev–Trinajstić information content (AvgIpc) is 3.18. The molecule has 0 spiro atoms. The number of rotatable bonds is 3. The third-order valence-electron chi connectivity index (χ3n) is 5.05. The number of aromatic amines is 1. The van der Waals surface area contributed by atoms with Crippen molar-refractivity contribution in [3.8, 4) is 0 Å². The van der Waals surface area contributed by atoms with Gasteiger partial charge in [-0.15, -0.1) is 0 Å². The fourth-order valence-electron chi connectivity index (χ4n) is 3.72. The number of β-amino-alcohol motifs (C(OH)–C–C–N with tert-alkyl or cyclic N) is 1. The standard InChI is InChI=1S/C18H22FN3O3/c19-14-1-2-15-13(9-14)10-16(20-15)17(23)22-4-3-18(24,12-22)11-21-5-7-25-8-6-21/h1-2,9-10,20,24H,3-8,11-12H2. The molecule has 1 aromatic carbocycles. The molecule has 0 aliphatic carbocycles. The first-order chi connectivity index (χ1) is 12.0. The second-order valence-electron chi connectivity index (χ2n) is 7.00. The number of aromatic nitrogens is 1. The molecule has 25 heavy (non-hydrogen) atoms. The summed E-state index contributed by atoms with van der Waals surface area (Å²) in [5.74, 6) is -0.485. The van der Waals surface area contributed by atoms with Crippen molar-refractivity contribution in [3.05, 3.63) is 35.8 Å². The van der Waals surface area contributed by atoms with Crippen LogP contribution in [0.1, 0.15) is 16.9 Å². The highest BCUT2D eigenvalue weighted by molar-refractivity contribution is 5.98. The predicted molar refractivity (Wildman–Crippen MR) is 91.0 cm³/mol. The smallest absolute Gasteiger partial charge is 0.270 e. The van der Waals surface area contributed by atoms with Gasteiger partial charge in [0.2, 0.25) is 0 Å². The molecule has 6 nitrogen and oxygen atoms in total. The number of nitrogens with zero attached hydrogens (tertiary/aromatic N) is 2. The van der Waals surface area contributed by atoms with Crippen LogP contribution in [0.2, 0.25) is 0 Å². The van der Waals surface area contributed by atoms with E-state index in [1.165, 1.54) is 12.1 Å². The van der Waals surface area contributed by atoms with Gasteiger partial charge in [0.15, 0.2) is 0 Å². The van der Waals surface area contributed by atoms with Gasteiger partial charge in [-0.05, 0) is 30.7 Å². The number of H-pyrrole nitrogens is 1. The van der Waals surface area contributed by atoms with E-state index in [9.17, 15) is 14.3 Å². The summed E-state index contributed by atoms with van der Waals surface area (Å²) in [5, 5.41) is 11.5. The first-order valence-electron chi connectivity index (χ1n) is 8.62. The zero-order valence-corrected chi connectivity index (χ0v) is 14.0. The molecular weight excluding hydrogens is 325 g/mol. The Kier molecular flexibility index (Phi) is 4.23. The molecule has 3 heterocycles. The molecule has 1 unspecified atom stereocenters. The van der Waals surface area contributed by atoms with E-state index in [0.29, 0.717) is 50.3 Å². The summed E-state index contributed by atoms with van der Waals surface area (Å²) in [6.45, 7) is 4.37. The maximum atomic E-state index is 13.3. The van der Waals surface area contributed by atoms with Crippen LogP contribution in [0.5, 0.6) is 0 Å². The van der Waals surface area contributed by atoms with Crippen molar-refractivity contribution >= 4 is 16.8 Å². The maximum Gasteiger partial charge on any atom is 0.270 e. The van der Waals surface area contributed by atoms with Crippen LogP contribution < -0.4 is 0 Å². The normalized spacial score (nSPS) is 25.0. The Bertz CT molecular complexity index is 787. The monoisotopic (exact) mass is 347 g/mol. The SMILES string of the molecule is O=C(c1cc2cc(F)ccc2[nH]1)N1CCC(O)(CN2CCOCC2)C1. The second-order valence-corrected chi connectivity index (χ2v) is 7.00. The molecule has 2 aliphatic heterocycles. The number of fused-ring (bicyclic) bond motifs is 1. The number of amides is 1. The van der Waals surface area contributed by atoms with Gasteiger partial charge in [0, 0.05) is 37.1 Å². The van der Waals surface area contributed by atoms with Gasteiger partial charge in [-0.3, -0.25) is 9.69 Å². The topological polar surface area (TPSA) is 68.8 Å². The minimum atomic E-state index is -0.884. The summed E-state index contributed by atoms with van der Waals surface area (Å²) < 4.78 is 18.6. The highest BCUT2D eigenvalue weighted by Gasteiger charge is 2.40. The molecule has 0 bridgehead atoms. The lowest BCUT2D eigenvalue weighted by molar-refractivity contribution is -0.0257. The van der Waals surface area contributed by atoms with Crippen LogP contribution in [0.3, 0.4) is 0 Å². The molecule has 2 fully saturated rings. The second kappa shape index (κ2) is 6.40. The molecule has 7 heteroatoms. The van der Waals surface area contributed by atoms with E-state index < -0.39 is 5.60 Å². The summed E-state index contributed by atoms with van der Waals surface area (Å²) in [6, 6.07) is 6.06. The Labute approximate surface area is 145 Å². The third-order valence-corrected chi connectivity index (χ3v) is 5.05. The number of halogens is 1. The molecule has 2 N–H and O–H groups in total. The van der Waals surface area contributed by atoms with Gasteiger partial charge in [-0.25, -0.2) is 4.39 Å². The van der Waals surface area contributed by atoms with Gasteiger partial charge in [0.1, 0.15) is 11.5 Å². The average molecular weight is 347 g/mol. The molecule has 2 aliphatic rings. The molecule has 4 rings (SSSR count). The summed E-state index contributed by atoms with van der Waals surface area (Å²) in [5.41, 5.74) is 0.272. The number of hydrogen-bond acceptors (Lipinski definition) is 4. The molecule has 2 saturated heterocycles. The van der Waals surface area contributed by atoms with Crippen LogP contribution in [0.4, 0.5) is 4.39 Å². The first-order valence-corrected chi connectivity index (χ1v) is 8.62. The fraction of sp³-hybridized carbons (Fsp3) is 0.500. The van der Waals surface area contributed by atoms with Crippen molar-refractivity contribution in [2.45, 2.75) is 12.0 Å². The summed E-state index contributed by atoms with van der Waals surface area (Å²) in [4.78, 5) is 19.6. The molecule has 1 aromatic heterocycles.